The van der Waals surface area contributed by atoms with E-state index in [1.54, 1.807) is 29.9 Å². The van der Waals surface area contributed by atoms with Gasteiger partial charge in [-0.15, -0.1) is 11.3 Å². The molecule has 0 spiro atoms. The standard InChI is InChI=1S/C16H19BrN4OS/c1-20(11-13-2-3-14(17)23-13)16(22)12-4-8-21(9-5-12)15-10-18-6-7-19-15/h2-3,6-7,10,12H,4-5,8-9,11H2,1H3. The molecule has 0 aliphatic carbocycles. The first-order valence-corrected chi connectivity index (χ1v) is 9.24. The van der Waals surface area contributed by atoms with Crippen molar-refractivity contribution in [2.24, 2.45) is 5.92 Å². The summed E-state index contributed by atoms with van der Waals surface area (Å²) in [7, 11) is 1.89. The number of carbonyl (C=O) groups is 1. The molecule has 2 aromatic rings. The van der Waals surface area contributed by atoms with Crippen molar-refractivity contribution in [1.29, 1.82) is 0 Å². The number of anilines is 1. The number of carbonyl (C=O) groups excluding carboxylic acids is 1. The van der Waals surface area contributed by atoms with E-state index in [4.69, 9.17) is 0 Å². The van der Waals surface area contributed by atoms with Crippen LogP contribution in [0.5, 0.6) is 0 Å². The fourth-order valence-corrected chi connectivity index (χ4v) is 4.41. The van der Waals surface area contributed by atoms with Gasteiger partial charge in [0.25, 0.3) is 0 Å². The molecule has 1 fully saturated rings. The normalized spacial score (nSPS) is 15.7. The molecule has 122 valence electrons. The number of hydrogen-bond donors (Lipinski definition) is 0. The zero-order valence-electron chi connectivity index (χ0n) is 13.0. The number of hydrogen-bond acceptors (Lipinski definition) is 5. The van der Waals surface area contributed by atoms with E-state index >= 15 is 0 Å². The van der Waals surface area contributed by atoms with Crippen molar-refractivity contribution in [2.75, 3.05) is 25.0 Å². The molecule has 7 heteroatoms. The van der Waals surface area contributed by atoms with Crippen LogP contribution < -0.4 is 4.90 Å². The predicted octanol–water partition coefficient (Wildman–Crippen LogP) is 3.18. The van der Waals surface area contributed by atoms with Crippen LogP contribution in [0.25, 0.3) is 0 Å². The largest absolute Gasteiger partial charge is 0.355 e. The van der Waals surface area contributed by atoms with Crippen molar-refractivity contribution in [2.45, 2.75) is 19.4 Å². The van der Waals surface area contributed by atoms with Gasteiger partial charge in [-0.1, -0.05) is 0 Å². The molecule has 3 heterocycles. The molecule has 1 saturated heterocycles. The smallest absolute Gasteiger partial charge is 0.225 e. The molecule has 0 radical (unpaired) electrons. The molecule has 3 rings (SSSR count). The van der Waals surface area contributed by atoms with E-state index in [9.17, 15) is 4.79 Å². The highest BCUT2D eigenvalue weighted by molar-refractivity contribution is 9.11. The average molecular weight is 395 g/mol. The van der Waals surface area contributed by atoms with E-state index in [2.05, 4.69) is 36.9 Å². The second-order valence-corrected chi connectivity index (χ2v) is 8.27. The van der Waals surface area contributed by atoms with Gasteiger partial charge in [0.15, 0.2) is 0 Å². The molecule has 0 unspecified atom stereocenters. The Hall–Kier alpha value is -1.47. The van der Waals surface area contributed by atoms with Gasteiger partial charge in [0, 0.05) is 43.3 Å². The van der Waals surface area contributed by atoms with E-state index < -0.39 is 0 Å². The van der Waals surface area contributed by atoms with E-state index in [-0.39, 0.29) is 11.8 Å². The highest BCUT2D eigenvalue weighted by Crippen LogP contribution is 2.26. The topological polar surface area (TPSA) is 49.3 Å². The zero-order valence-corrected chi connectivity index (χ0v) is 15.4. The molecule has 2 aromatic heterocycles. The van der Waals surface area contributed by atoms with Crippen LogP contribution in [0.4, 0.5) is 5.82 Å². The van der Waals surface area contributed by atoms with Gasteiger partial charge in [0.2, 0.25) is 5.91 Å². The maximum atomic E-state index is 12.6. The van der Waals surface area contributed by atoms with Crippen LogP contribution in [0.2, 0.25) is 0 Å². The maximum absolute atomic E-state index is 12.6. The molecule has 23 heavy (non-hydrogen) atoms. The van der Waals surface area contributed by atoms with Crippen LogP contribution in [-0.2, 0) is 11.3 Å². The summed E-state index contributed by atoms with van der Waals surface area (Å²) in [5.41, 5.74) is 0. The van der Waals surface area contributed by atoms with Gasteiger partial charge in [0.1, 0.15) is 5.82 Å². The summed E-state index contributed by atoms with van der Waals surface area (Å²) in [5.74, 6) is 1.25. The van der Waals surface area contributed by atoms with Crippen LogP contribution in [0.15, 0.2) is 34.5 Å². The Morgan fingerprint density at radius 1 is 1.39 bits per heavy atom. The first-order valence-electron chi connectivity index (χ1n) is 7.63. The van der Waals surface area contributed by atoms with Crippen molar-refractivity contribution in [3.63, 3.8) is 0 Å². The quantitative estimate of drug-likeness (QED) is 0.798. The van der Waals surface area contributed by atoms with E-state index in [1.165, 1.54) is 4.88 Å². The number of aromatic nitrogens is 2. The van der Waals surface area contributed by atoms with Crippen LogP contribution in [-0.4, -0.2) is 40.9 Å². The molecular weight excluding hydrogens is 376 g/mol. The summed E-state index contributed by atoms with van der Waals surface area (Å²) in [4.78, 5) is 26.3. The molecular formula is C16H19BrN4OS. The Morgan fingerprint density at radius 2 is 2.17 bits per heavy atom. The number of thiophene rings is 1. The Bertz CT molecular complexity index is 655. The molecule has 0 N–H and O–H groups in total. The van der Waals surface area contributed by atoms with Crippen LogP contribution >= 0.6 is 27.3 Å². The zero-order chi connectivity index (χ0) is 16.2. The number of rotatable bonds is 4. The first-order chi connectivity index (χ1) is 11.1. The Labute approximate surface area is 148 Å². The molecule has 1 aliphatic rings. The van der Waals surface area contributed by atoms with E-state index in [1.807, 2.05) is 18.0 Å². The van der Waals surface area contributed by atoms with Crippen molar-refractivity contribution >= 4 is 39.0 Å². The highest BCUT2D eigenvalue weighted by atomic mass is 79.9. The molecule has 5 nitrogen and oxygen atoms in total. The Morgan fingerprint density at radius 3 is 2.78 bits per heavy atom. The lowest BCUT2D eigenvalue weighted by Crippen LogP contribution is -2.41. The minimum Gasteiger partial charge on any atom is -0.355 e. The minimum atomic E-state index is 0.108. The van der Waals surface area contributed by atoms with E-state index in [0.29, 0.717) is 6.54 Å². The Balaban J connectivity index is 1.53. The van der Waals surface area contributed by atoms with Gasteiger partial charge < -0.3 is 9.80 Å². The number of piperidine rings is 1. The third kappa shape index (κ3) is 4.09. The summed E-state index contributed by atoms with van der Waals surface area (Å²) in [6, 6.07) is 4.09. The number of amides is 1. The van der Waals surface area contributed by atoms with Gasteiger partial charge in [-0.2, -0.15) is 0 Å². The average Bonchev–Trinajstić information content (AvgIpc) is 3.00. The summed E-state index contributed by atoms with van der Waals surface area (Å²) in [5, 5.41) is 0. The lowest BCUT2D eigenvalue weighted by molar-refractivity contribution is -0.135. The van der Waals surface area contributed by atoms with Gasteiger partial charge in [-0.25, -0.2) is 4.98 Å². The lowest BCUT2D eigenvalue weighted by atomic mass is 9.95. The third-order valence-electron chi connectivity index (χ3n) is 4.12. The Kier molecular flexibility index (Phi) is 5.27. The maximum Gasteiger partial charge on any atom is 0.225 e. The second-order valence-electron chi connectivity index (χ2n) is 5.73. The van der Waals surface area contributed by atoms with Crippen molar-refractivity contribution in [1.82, 2.24) is 14.9 Å². The van der Waals surface area contributed by atoms with E-state index in [0.717, 1.165) is 35.5 Å². The van der Waals surface area contributed by atoms with Gasteiger partial charge in [-0.3, -0.25) is 9.78 Å². The number of halogens is 1. The molecule has 0 atom stereocenters. The summed E-state index contributed by atoms with van der Waals surface area (Å²) >= 11 is 5.14. The van der Waals surface area contributed by atoms with Crippen LogP contribution in [0, 0.1) is 5.92 Å². The monoisotopic (exact) mass is 394 g/mol. The number of nitrogens with zero attached hydrogens (tertiary/aromatic N) is 4. The molecule has 1 amide bonds. The van der Waals surface area contributed by atoms with Crippen molar-refractivity contribution in [3.8, 4) is 0 Å². The summed E-state index contributed by atoms with van der Waals surface area (Å²) in [6.07, 6.45) is 6.90. The second kappa shape index (κ2) is 7.40. The first kappa shape index (κ1) is 16.4. The van der Waals surface area contributed by atoms with Gasteiger partial charge >= 0.3 is 0 Å². The minimum absolute atomic E-state index is 0.108. The van der Waals surface area contributed by atoms with Gasteiger partial charge in [0.05, 0.1) is 16.5 Å². The summed E-state index contributed by atoms with van der Waals surface area (Å²) in [6.45, 7) is 2.39. The fraction of sp³-hybridized carbons (Fsp3) is 0.438. The molecule has 0 saturated carbocycles. The molecule has 0 aromatic carbocycles. The fourth-order valence-electron chi connectivity index (χ4n) is 2.87. The van der Waals surface area contributed by atoms with Crippen LogP contribution in [0.3, 0.4) is 0 Å². The van der Waals surface area contributed by atoms with Gasteiger partial charge in [-0.05, 0) is 40.9 Å². The highest BCUT2D eigenvalue weighted by Gasteiger charge is 2.27. The molecule has 1 aliphatic heterocycles. The summed E-state index contributed by atoms with van der Waals surface area (Å²) < 4.78 is 1.10. The lowest BCUT2D eigenvalue weighted by Gasteiger charge is -2.33. The SMILES string of the molecule is CN(Cc1ccc(Br)s1)C(=O)C1CCN(c2cnccn2)CC1. The van der Waals surface area contributed by atoms with Crippen molar-refractivity contribution < 1.29 is 4.79 Å². The third-order valence-corrected chi connectivity index (χ3v) is 5.72. The molecule has 0 bridgehead atoms. The predicted molar refractivity (Wildman–Crippen MR) is 95.5 cm³/mol. The van der Waals surface area contributed by atoms with Crippen molar-refractivity contribution in [3.05, 3.63) is 39.4 Å². The van der Waals surface area contributed by atoms with Crippen LogP contribution in [0.1, 0.15) is 17.7 Å².